The predicted octanol–water partition coefficient (Wildman–Crippen LogP) is 3.88. The van der Waals surface area contributed by atoms with Crippen molar-refractivity contribution in [3.8, 4) is 5.75 Å². The Hall–Kier alpha value is -2.41. The van der Waals surface area contributed by atoms with E-state index in [0.717, 1.165) is 11.1 Å². The van der Waals surface area contributed by atoms with E-state index in [1.807, 2.05) is 13.0 Å². The standard InChI is InChI=1S/C17H15BrN2O4/c1-10-7-12(3-4-15(10)24-2)17(21)19-6-5-11-8-13(18)9-14(16(11)19)20(22)23/h3-4,7-9H,5-6H2,1-2H3. The molecular formula is C17H15BrN2O4. The van der Waals surface area contributed by atoms with Gasteiger partial charge in [-0.1, -0.05) is 15.9 Å². The molecule has 1 heterocycles. The summed E-state index contributed by atoms with van der Waals surface area (Å²) in [5.41, 5.74) is 2.46. The highest BCUT2D eigenvalue weighted by Gasteiger charge is 2.33. The molecule has 1 aliphatic rings. The van der Waals surface area contributed by atoms with Gasteiger partial charge in [-0.2, -0.15) is 0 Å². The lowest BCUT2D eigenvalue weighted by atomic mass is 10.1. The molecule has 6 nitrogen and oxygen atoms in total. The van der Waals surface area contributed by atoms with Crippen molar-refractivity contribution in [3.05, 3.63) is 61.6 Å². The van der Waals surface area contributed by atoms with Crippen molar-refractivity contribution in [1.29, 1.82) is 0 Å². The van der Waals surface area contributed by atoms with E-state index in [0.29, 0.717) is 34.4 Å². The zero-order valence-electron chi connectivity index (χ0n) is 13.2. The minimum absolute atomic E-state index is 0.0598. The zero-order chi connectivity index (χ0) is 17.4. The van der Waals surface area contributed by atoms with Gasteiger partial charge in [0.15, 0.2) is 0 Å². The third-order valence-electron chi connectivity index (χ3n) is 4.09. The molecule has 3 rings (SSSR count). The molecule has 0 spiro atoms. The van der Waals surface area contributed by atoms with Gasteiger partial charge in [-0.15, -0.1) is 0 Å². The Balaban J connectivity index is 2.03. The van der Waals surface area contributed by atoms with E-state index >= 15 is 0 Å². The summed E-state index contributed by atoms with van der Waals surface area (Å²) in [6, 6.07) is 8.41. The Morgan fingerprint density at radius 2 is 2.08 bits per heavy atom. The van der Waals surface area contributed by atoms with Crippen LogP contribution in [0, 0.1) is 17.0 Å². The number of ether oxygens (including phenoxy) is 1. The van der Waals surface area contributed by atoms with Crippen molar-refractivity contribution in [3.63, 3.8) is 0 Å². The highest BCUT2D eigenvalue weighted by Crippen LogP contribution is 2.40. The first-order chi connectivity index (χ1) is 11.4. The molecule has 7 heteroatoms. The first kappa shape index (κ1) is 16.4. The first-order valence-electron chi connectivity index (χ1n) is 7.35. The summed E-state index contributed by atoms with van der Waals surface area (Å²) in [7, 11) is 1.57. The number of hydrogen-bond donors (Lipinski definition) is 0. The number of anilines is 1. The number of rotatable bonds is 3. The Bertz CT molecular complexity index is 851. The van der Waals surface area contributed by atoms with Gasteiger partial charge in [-0.3, -0.25) is 14.9 Å². The zero-order valence-corrected chi connectivity index (χ0v) is 14.8. The number of halogens is 1. The van der Waals surface area contributed by atoms with Gasteiger partial charge < -0.3 is 9.64 Å². The van der Waals surface area contributed by atoms with Gasteiger partial charge in [0.05, 0.1) is 12.0 Å². The minimum Gasteiger partial charge on any atom is -0.496 e. The van der Waals surface area contributed by atoms with Crippen molar-refractivity contribution in [1.82, 2.24) is 0 Å². The van der Waals surface area contributed by atoms with Gasteiger partial charge in [0.25, 0.3) is 11.6 Å². The molecule has 2 aromatic carbocycles. The molecule has 0 atom stereocenters. The molecule has 0 fully saturated rings. The quantitative estimate of drug-likeness (QED) is 0.588. The third-order valence-corrected chi connectivity index (χ3v) is 4.55. The van der Waals surface area contributed by atoms with Gasteiger partial charge in [-0.25, -0.2) is 0 Å². The lowest BCUT2D eigenvalue weighted by Crippen LogP contribution is -2.29. The molecule has 24 heavy (non-hydrogen) atoms. The van der Waals surface area contributed by atoms with Gasteiger partial charge >= 0.3 is 0 Å². The molecule has 2 aromatic rings. The van der Waals surface area contributed by atoms with Crippen molar-refractivity contribution >= 4 is 33.2 Å². The smallest absolute Gasteiger partial charge is 0.294 e. The maximum absolute atomic E-state index is 12.9. The van der Waals surface area contributed by atoms with Crippen LogP contribution in [0.2, 0.25) is 0 Å². The number of carbonyl (C=O) groups is 1. The number of aryl methyl sites for hydroxylation is 1. The van der Waals surface area contributed by atoms with Crippen molar-refractivity contribution in [2.45, 2.75) is 13.3 Å². The lowest BCUT2D eigenvalue weighted by Gasteiger charge is -2.18. The van der Waals surface area contributed by atoms with Crippen LogP contribution in [0.25, 0.3) is 0 Å². The summed E-state index contributed by atoms with van der Waals surface area (Å²) in [6.07, 6.45) is 0.594. The van der Waals surface area contributed by atoms with E-state index in [1.54, 1.807) is 25.3 Å². The lowest BCUT2D eigenvalue weighted by molar-refractivity contribution is -0.384. The Labute approximate surface area is 147 Å². The molecule has 0 saturated heterocycles. The summed E-state index contributed by atoms with van der Waals surface area (Å²) >= 11 is 3.29. The number of hydrogen-bond acceptors (Lipinski definition) is 4. The van der Waals surface area contributed by atoms with E-state index < -0.39 is 4.92 Å². The number of nitro groups is 1. The van der Waals surface area contributed by atoms with Crippen molar-refractivity contribution < 1.29 is 14.5 Å². The van der Waals surface area contributed by atoms with Crippen LogP contribution in [0.1, 0.15) is 21.5 Å². The molecule has 1 amide bonds. The number of nitrogens with zero attached hydrogens (tertiary/aromatic N) is 2. The molecule has 1 aliphatic heterocycles. The molecule has 124 valence electrons. The maximum atomic E-state index is 12.9. The number of benzene rings is 2. The maximum Gasteiger partial charge on any atom is 0.294 e. The highest BCUT2D eigenvalue weighted by molar-refractivity contribution is 9.10. The molecule has 0 aliphatic carbocycles. The minimum atomic E-state index is -0.450. The normalized spacial score (nSPS) is 12.9. The Kier molecular flexibility index (Phi) is 4.28. The fraction of sp³-hybridized carbons (Fsp3) is 0.235. The van der Waals surface area contributed by atoms with Crippen LogP contribution in [-0.2, 0) is 6.42 Å². The van der Waals surface area contributed by atoms with Crippen molar-refractivity contribution in [2.24, 2.45) is 0 Å². The van der Waals surface area contributed by atoms with E-state index in [-0.39, 0.29) is 11.6 Å². The van der Waals surface area contributed by atoms with Gasteiger partial charge in [0, 0.05) is 22.6 Å². The van der Waals surface area contributed by atoms with Crippen molar-refractivity contribution in [2.75, 3.05) is 18.6 Å². The molecule has 0 N–H and O–H groups in total. The second-order valence-electron chi connectivity index (χ2n) is 5.58. The largest absolute Gasteiger partial charge is 0.496 e. The van der Waals surface area contributed by atoms with Crippen LogP contribution in [0.3, 0.4) is 0 Å². The number of methoxy groups -OCH3 is 1. The monoisotopic (exact) mass is 390 g/mol. The molecule has 0 radical (unpaired) electrons. The fourth-order valence-corrected chi connectivity index (χ4v) is 3.49. The van der Waals surface area contributed by atoms with Crippen LogP contribution < -0.4 is 9.64 Å². The average molecular weight is 391 g/mol. The van der Waals surface area contributed by atoms with Crippen LogP contribution in [0.15, 0.2) is 34.8 Å². The number of fused-ring (bicyclic) bond motifs is 1. The molecule has 0 bridgehead atoms. The summed E-state index contributed by atoms with van der Waals surface area (Å²) in [6.45, 7) is 2.28. The average Bonchev–Trinajstić information content (AvgIpc) is 2.96. The Morgan fingerprint density at radius 3 is 2.71 bits per heavy atom. The second kappa shape index (κ2) is 6.24. The molecule has 0 saturated carbocycles. The van der Waals surface area contributed by atoms with Gasteiger partial charge in [0.2, 0.25) is 0 Å². The first-order valence-corrected chi connectivity index (χ1v) is 8.15. The number of carbonyl (C=O) groups excluding carboxylic acids is 1. The van der Waals surface area contributed by atoms with Gasteiger partial charge in [-0.05, 0) is 48.7 Å². The Morgan fingerprint density at radius 1 is 1.33 bits per heavy atom. The van der Waals surface area contributed by atoms with Crippen LogP contribution in [0.5, 0.6) is 5.75 Å². The van der Waals surface area contributed by atoms with E-state index in [2.05, 4.69) is 15.9 Å². The van der Waals surface area contributed by atoms with Crippen LogP contribution in [0.4, 0.5) is 11.4 Å². The van der Waals surface area contributed by atoms with E-state index in [1.165, 1.54) is 11.0 Å². The summed E-state index contributed by atoms with van der Waals surface area (Å²) in [5.74, 6) is 0.452. The topological polar surface area (TPSA) is 72.7 Å². The highest BCUT2D eigenvalue weighted by atomic mass is 79.9. The summed E-state index contributed by atoms with van der Waals surface area (Å²) in [5, 5.41) is 11.4. The van der Waals surface area contributed by atoms with E-state index in [4.69, 9.17) is 4.74 Å². The fourth-order valence-electron chi connectivity index (χ4n) is 3.00. The SMILES string of the molecule is COc1ccc(C(=O)N2CCc3cc(Br)cc([N+](=O)[O-])c32)cc1C. The molecule has 0 aromatic heterocycles. The number of nitro benzene ring substituents is 1. The molecular weight excluding hydrogens is 376 g/mol. The van der Waals surface area contributed by atoms with Crippen LogP contribution in [-0.4, -0.2) is 24.5 Å². The molecule has 0 unspecified atom stereocenters. The summed E-state index contributed by atoms with van der Waals surface area (Å²) < 4.78 is 5.85. The predicted molar refractivity (Wildman–Crippen MR) is 93.9 cm³/mol. The van der Waals surface area contributed by atoms with E-state index in [9.17, 15) is 14.9 Å². The van der Waals surface area contributed by atoms with Crippen LogP contribution >= 0.6 is 15.9 Å². The number of amides is 1. The second-order valence-corrected chi connectivity index (χ2v) is 6.50. The third kappa shape index (κ3) is 2.75. The summed E-state index contributed by atoms with van der Waals surface area (Å²) in [4.78, 5) is 25.3. The van der Waals surface area contributed by atoms with Gasteiger partial charge in [0.1, 0.15) is 11.4 Å².